The van der Waals surface area contributed by atoms with Gasteiger partial charge in [-0.1, -0.05) is 6.92 Å². The molecule has 0 fully saturated rings. The van der Waals surface area contributed by atoms with Crippen LogP contribution in [-0.4, -0.2) is 22.5 Å². The topological polar surface area (TPSA) is 69.6 Å². The molecule has 0 aliphatic heterocycles. The minimum Gasteiger partial charge on any atom is -0.349 e. The Morgan fingerprint density at radius 1 is 1.67 bits per heavy atom. The van der Waals surface area contributed by atoms with Crippen LogP contribution in [0.25, 0.3) is 0 Å². The molecule has 0 heterocycles. The minimum absolute atomic E-state index is 0.145. The first kappa shape index (κ1) is 8.39. The monoisotopic (exact) mass is 133 g/mol. The van der Waals surface area contributed by atoms with Gasteiger partial charge in [0.2, 0.25) is 12.3 Å². The molecule has 4 heteroatoms. The molecule has 0 rings (SSSR count). The number of rotatable bonds is 4. The summed E-state index contributed by atoms with van der Waals surface area (Å²) in [5, 5.41) is 19.3. The van der Waals surface area contributed by atoms with Crippen LogP contribution < -0.4 is 5.32 Å². The lowest BCUT2D eigenvalue weighted by Crippen LogP contribution is -2.43. The normalized spacial score (nSPS) is 11.0. The molecule has 0 bridgehead atoms. The van der Waals surface area contributed by atoms with E-state index in [1.165, 1.54) is 0 Å². The molecule has 3 N–H and O–H groups in total. The molecular formula is C5H11NO3. The lowest BCUT2D eigenvalue weighted by Gasteiger charge is -2.18. The second kappa shape index (κ2) is 3.42. The summed E-state index contributed by atoms with van der Waals surface area (Å²) in [5.74, 6) is -2.02. The fraction of sp³-hybridized carbons (Fsp3) is 0.800. The van der Waals surface area contributed by atoms with Gasteiger partial charge in [0, 0.05) is 6.42 Å². The maximum absolute atomic E-state index is 9.66. The molecule has 0 radical (unpaired) electrons. The van der Waals surface area contributed by atoms with Gasteiger partial charge in [0.1, 0.15) is 0 Å². The molecule has 0 aromatic rings. The van der Waals surface area contributed by atoms with Crippen LogP contribution in [0.15, 0.2) is 0 Å². The van der Waals surface area contributed by atoms with Gasteiger partial charge in [-0.15, -0.1) is 0 Å². The van der Waals surface area contributed by atoms with Crippen molar-refractivity contribution in [3.63, 3.8) is 0 Å². The highest BCUT2D eigenvalue weighted by molar-refractivity contribution is 5.46. The van der Waals surface area contributed by atoms with Crippen LogP contribution >= 0.6 is 0 Å². The van der Waals surface area contributed by atoms with Crippen LogP contribution in [0.4, 0.5) is 0 Å². The zero-order chi connectivity index (χ0) is 7.33. The summed E-state index contributed by atoms with van der Waals surface area (Å²) in [6.45, 7) is 1.79. The molecule has 0 aromatic heterocycles. The van der Waals surface area contributed by atoms with E-state index in [-0.39, 0.29) is 12.8 Å². The number of amides is 1. The average Bonchev–Trinajstić information content (AvgIpc) is 1.64. The van der Waals surface area contributed by atoms with Crippen molar-refractivity contribution in [3.8, 4) is 0 Å². The summed E-state index contributed by atoms with van der Waals surface area (Å²) in [7, 11) is 0. The number of carbonyl (C=O) groups excluding carboxylic acids is 1. The molecule has 0 aliphatic carbocycles. The quantitative estimate of drug-likeness (QED) is 0.346. The van der Waals surface area contributed by atoms with Crippen molar-refractivity contribution in [2.75, 3.05) is 0 Å². The van der Waals surface area contributed by atoms with Gasteiger partial charge in [-0.05, 0) is 6.42 Å². The number of hydrogen-bond acceptors (Lipinski definition) is 3. The average molecular weight is 133 g/mol. The Bertz CT molecular complexity index is 92.2. The van der Waals surface area contributed by atoms with Crippen LogP contribution in [0, 0.1) is 0 Å². The molecule has 0 unspecified atom stereocenters. The highest BCUT2D eigenvalue weighted by Crippen LogP contribution is 2.01. The van der Waals surface area contributed by atoms with Crippen LogP contribution in [0.1, 0.15) is 19.8 Å². The van der Waals surface area contributed by atoms with Gasteiger partial charge >= 0.3 is 0 Å². The number of aliphatic hydroxyl groups is 2. The van der Waals surface area contributed by atoms with Crippen LogP contribution in [-0.2, 0) is 4.79 Å². The molecule has 4 nitrogen and oxygen atoms in total. The first-order valence-electron chi connectivity index (χ1n) is 2.78. The van der Waals surface area contributed by atoms with E-state index in [0.717, 1.165) is 0 Å². The van der Waals surface area contributed by atoms with Crippen molar-refractivity contribution in [2.24, 2.45) is 0 Å². The predicted molar refractivity (Wildman–Crippen MR) is 31.3 cm³/mol. The lowest BCUT2D eigenvalue weighted by atomic mass is 10.3. The third-order valence-electron chi connectivity index (χ3n) is 0.889. The Morgan fingerprint density at radius 2 is 2.22 bits per heavy atom. The SMILES string of the molecule is CCCC(O)(O)NC=O. The highest BCUT2D eigenvalue weighted by Gasteiger charge is 2.18. The van der Waals surface area contributed by atoms with Crippen molar-refractivity contribution >= 4 is 6.41 Å². The third-order valence-corrected chi connectivity index (χ3v) is 0.889. The van der Waals surface area contributed by atoms with Gasteiger partial charge in [-0.25, -0.2) is 0 Å². The zero-order valence-electron chi connectivity index (χ0n) is 5.29. The fourth-order valence-corrected chi connectivity index (χ4v) is 0.515. The van der Waals surface area contributed by atoms with Gasteiger partial charge in [0.15, 0.2) is 0 Å². The Morgan fingerprint density at radius 3 is 2.56 bits per heavy atom. The Kier molecular flexibility index (Phi) is 3.19. The van der Waals surface area contributed by atoms with Crippen LogP contribution in [0.3, 0.4) is 0 Å². The molecule has 0 atom stereocenters. The Hall–Kier alpha value is -0.610. The molecule has 0 aromatic carbocycles. The molecular weight excluding hydrogens is 122 g/mol. The van der Waals surface area contributed by atoms with Gasteiger partial charge in [0.05, 0.1) is 0 Å². The smallest absolute Gasteiger partial charge is 0.246 e. The van der Waals surface area contributed by atoms with Gasteiger partial charge < -0.3 is 15.5 Å². The number of nitrogens with one attached hydrogen (secondary N) is 1. The summed E-state index contributed by atoms with van der Waals surface area (Å²) in [6.07, 6.45) is 1.01. The first-order valence-corrected chi connectivity index (χ1v) is 2.78. The number of hydrogen-bond donors (Lipinski definition) is 3. The predicted octanol–water partition coefficient (Wildman–Crippen LogP) is -0.829. The van der Waals surface area contributed by atoms with E-state index in [1.54, 1.807) is 6.92 Å². The van der Waals surface area contributed by atoms with E-state index in [4.69, 9.17) is 10.2 Å². The Labute approximate surface area is 53.5 Å². The second-order valence-corrected chi connectivity index (χ2v) is 1.83. The van der Waals surface area contributed by atoms with Crippen molar-refractivity contribution in [2.45, 2.75) is 25.7 Å². The van der Waals surface area contributed by atoms with Crippen molar-refractivity contribution in [1.82, 2.24) is 5.32 Å². The Balaban J connectivity index is 3.55. The summed E-state index contributed by atoms with van der Waals surface area (Å²) < 4.78 is 0. The first-order chi connectivity index (χ1) is 4.12. The largest absolute Gasteiger partial charge is 0.349 e. The highest BCUT2D eigenvalue weighted by atomic mass is 16.5. The van der Waals surface area contributed by atoms with E-state index in [0.29, 0.717) is 6.42 Å². The maximum atomic E-state index is 9.66. The standard InChI is InChI=1S/C5H11NO3/c1-2-3-5(8,9)6-4-7/h4,8-9H,2-3H2,1H3,(H,6,7). The van der Waals surface area contributed by atoms with E-state index in [9.17, 15) is 4.79 Å². The van der Waals surface area contributed by atoms with E-state index >= 15 is 0 Å². The van der Waals surface area contributed by atoms with E-state index in [1.807, 2.05) is 5.32 Å². The summed E-state index contributed by atoms with van der Waals surface area (Å²) in [6, 6.07) is 0. The molecule has 9 heavy (non-hydrogen) atoms. The summed E-state index contributed by atoms with van der Waals surface area (Å²) in [5.41, 5.74) is 0. The van der Waals surface area contributed by atoms with Crippen LogP contribution in [0.5, 0.6) is 0 Å². The molecule has 0 aliphatic rings. The molecule has 54 valence electrons. The second-order valence-electron chi connectivity index (χ2n) is 1.83. The minimum atomic E-state index is -2.02. The van der Waals surface area contributed by atoms with Gasteiger partial charge in [0.25, 0.3) is 0 Å². The van der Waals surface area contributed by atoms with E-state index in [2.05, 4.69) is 0 Å². The van der Waals surface area contributed by atoms with Crippen molar-refractivity contribution < 1.29 is 15.0 Å². The third kappa shape index (κ3) is 3.93. The van der Waals surface area contributed by atoms with Gasteiger partial charge in [-0.3, -0.25) is 4.79 Å². The van der Waals surface area contributed by atoms with E-state index < -0.39 is 5.91 Å². The zero-order valence-corrected chi connectivity index (χ0v) is 5.29. The summed E-state index contributed by atoms with van der Waals surface area (Å²) in [4.78, 5) is 9.66. The van der Waals surface area contributed by atoms with Gasteiger partial charge in [-0.2, -0.15) is 0 Å². The summed E-state index contributed by atoms with van der Waals surface area (Å²) >= 11 is 0. The lowest BCUT2D eigenvalue weighted by molar-refractivity contribution is -0.188. The maximum Gasteiger partial charge on any atom is 0.246 e. The van der Waals surface area contributed by atoms with Crippen molar-refractivity contribution in [3.05, 3.63) is 0 Å². The fourth-order valence-electron chi connectivity index (χ4n) is 0.515. The molecule has 1 amide bonds. The molecule has 0 saturated heterocycles. The molecule has 0 spiro atoms. The van der Waals surface area contributed by atoms with Crippen molar-refractivity contribution in [1.29, 1.82) is 0 Å². The molecule has 0 saturated carbocycles. The number of carbonyl (C=O) groups is 1. The van der Waals surface area contributed by atoms with Crippen LogP contribution in [0.2, 0.25) is 0 Å².